The fourth-order valence-corrected chi connectivity index (χ4v) is 9.60. The van der Waals surface area contributed by atoms with Crippen LogP contribution in [0.4, 0.5) is 0 Å². The Hall–Kier alpha value is -0.940. The molecule has 31 heavy (non-hydrogen) atoms. The van der Waals surface area contributed by atoms with Crippen molar-refractivity contribution in [3.63, 3.8) is 0 Å². The molecule has 0 aliphatic rings. The van der Waals surface area contributed by atoms with Gasteiger partial charge in [0.05, 0.1) is 0 Å². The van der Waals surface area contributed by atoms with Gasteiger partial charge in [-0.05, 0) is 73.9 Å². The highest BCUT2D eigenvalue weighted by Crippen LogP contribution is 2.51. The molecule has 0 unspecified atom stereocenters. The number of hydrogen-bond acceptors (Lipinski definition) is 4. The van der Waals surface area contributed by atoms with Crippen LogP contribution in [0.25, 0.3) is 28.9 Å². The highest BCUT2D eigenvalue weighted by atomic mass is 32.1. The van der Waals surface area contributed by atoms with Gasteiger partial charge in [0.25, 0.3) is 0 Å². The molecule has 0 N–H and O–H groups in total. The van der Waals surface area contributed by atoms with E-state index < -0.39 is 0 Å². The smallest absolute Gasteiger partial charge is 0.0496 e. The van der Waals surface area contributed by atoms with E-state index in [-0.39, 0.29) is 5.41 Å². The summed E-state index contributed by atoms with van der Waals surface area (Å²) in [6.45, 7) is 18.7. The third-order valence-corrected chi connectivity index (χ3v) is 13.5. The average molecular weight is 487 g/mol. The summed E-state index contributed by atoms with van der Waals surface area (Å²) in [7, 11) is 0. The zero-order valence-electron chi connectivity index (χ0n) is 20.1. The van der Waals surface area contributed by atoms with E-state index in [1.807, 2.05) is 45.3 Å². The zero-order chi connectivity index (χ0) is 22.6. The van der Waals surface area contributed by atoms with Crippen molar-refractivity contribution in [1.82, 2.24) is 0 Å². The van der Waals surface area contributed by atoms with Crippen molar-refractivity contribution in [2.24, 2.45) is 0 Å². The van der Waals surface area contributed by atoms with Gasteiger partial charge in [0.2, 0.25) is 0 Å². The van der Waals surface area contributed by atoms with Crippen molar-refractivity contribution in [3.8, 4) is 19.5 Å². The van der Waals surface area contributed by atoms with E-state index in [0.29, 0.717) is 5.41 Å². The van der Waals surface area contributed by atoms with Crippen LogP contribution in [0.5, 0.6) is 0 Å². The molecule has 0 radical (unpaired) electrons. The summed E-state index contributed by atoms with van der Waals surface area (Å²) in [5.41, 5.74) is 3.49. The lowest BCUT2D eigenvalue weighted by Crippen LogP contribution is -2.17. The molecule has 0 saturated heterocycles. The van der Waals surface area contributed by atoms with Crippen LogP contribution in [0.3, 0.4) is 0 Å². The molecule has 0 atom stereocenters. The molecule has 4 rings (SSSR count). The van der Waals surface area contributed by atoms with Crippen LogP contribution >= 0.6 is 45.3 Å². The van der Waals surface area contributed by atoms with Crippen molar-refractivity contribution >= 4 is 54.7 Å². The first-order chi connectivity index (χ1) is 14.6. The second-order valence-electron chi connectivity index (χ2n) is 9.60. The number of hydrogen-bond donors (Lipinski definition) is 0. The zero-order valence-corrected chi connectivity index (χ0v) is 23.3. The van der Waals surface area contributed by atoms with Gasteiger partial charge < -0.3 is 0 Å². The van der Waals surface area contributed by atoms with Gasteiger partial charge in [-0.1, -0.05) is 41.5 Å². The Balaban J connectivity index is 1.74. The van der Waals surface area contributed by atoms with E-state index in [2.05, 4.69) is 79.7 Å². The number of rotatable bonds is 7. The van der Waals surface area contributed by atoms with E-state index in [1.165, 1.54) is 69.1 Å². The topological polar surface area (TPSA) is 0 Å². The molecule has 0 amide bonds. The van der Waals surface area contributed by atoms with Crippen LogP contribution in [-0.4, -0.2) is 0 Å². The standard InChI is InChI=1S/C27H34S4/c1-9-26(6,7)20-14-12-18(28-20)22-16(4)24-25(30-22)17(5)23(31-24)19-13-15-21(29-19)27(8,10-2)11-3/h12-15H,9-11H2,1-8H3. The Morgan fingerprint density at radius 2 is 1.06 bits per heavy atom. The fraction of sp³-hybridized carbons (Fsp3) is 0.481. The van der Waals surface area contributed by atoms with Gasteiger partial charge in [0, 0.05) is 44.1 Å². The maximum absolute atomic E-state index is 2.41. The minimum absolute atomic E-state index is 0.261. The molecule has 0 aliphatic carbocycles. The highest BCUT2D eigenvalue weighted by molar-refractivity contribution is 7.34. The minimum atomic E-state index is 0.261. The van der Waals surface area contributed by atoms with Crippen LogP contribution in [-0.2, 0) is 10.8 Å². The average Bonchev–Trinajstić information content (AvgIpc) is 3.53. The van der Waals surface area contributed by atoms with Gasteiger partial charge in [0.1, 0.15) is 0 Å². The summed E-state index contributed by atoms with van der Waals surface area (Å²) < 4.78 is 2.97. The monoisotopic (exact) mass is 486 g/mol. The van der Waals surface area contributed by atoms with Crippen LogP contribution in [0.1, 0.15) is 81.7 Å². The van der Waals surface area contributed by atoms with Gasteiger partial charge in [-0.25, -0.2) is 0 Å². The van der Waals surface area contributed by atoms with E-state index in [1.54, 1.807) is 0 Å². The molecule has 0 nitrogen and oxygen atoms in total. The van der Waals surface area contributed by atoms with E-state index >= 15 is 0 Å². The maximum Gasteiger partial charge on any atom is 0.0496 e. The van der Waals surface area contributed by atoms with Crippen molar-refractivity contribution in [2.45, 2.75) is 85.5 Å². The Kier molecular flexibility index (Phi) is 6.33. The minimum Gasteiger partial charge on any atom is -0.139 e. The summed E-state index contributed by atoms with van der Waals surface area (Å²) in [6, 6.07) is 9.43. The van der Waals surface area contributed by atoms with E-state index in [4.69, 9.17) is 0 Å². The molecule has 0 aromatic carbocycles. The lowest BCUT2D eigenvalue weighted by molar-refractivity contribution is 0.448. The van der Waals surface area contributed by atoms with Crippen molar-refractivity contribution in [2.75, 3.05) is 0 Å². The molecule has 4 aromatic heterocycles. The number of fused-ring (bicyclic) bond motifs is 1. The summed E-state index contributed by atoms with van der Waals surface area (Å²) in [5.74, 6) is 0. The highest BCUT2D eigenvalue weighted by Gasteiger charge is 2.26. The first-order valence-electron chi connectivity index (χ1n) is 11.4. The Bertz CT molecular complexity index is 1200. The summed E-state index contributed by atoms with van der Waals surface area (Å²) in [5, 5.41) is 0. The molecule has 4 heterocycles. The first-order valence-corrected chi connectivity index (χ1v) is 14.7. The molecular formula is C27H34S4. The predicted octanol–water partition coefficient (Wildman–Crippen LogP) is 10.8. The molecule has 0 spiro atoms. The van der Waals surface area contributed by atoms with Crippen LogP contribution < -0.4 is 0 Å². The summed E-state index contributed by atoms with van der Waals surface area (Å²) >= 11 is 7.99. The van der Waals surface area contributed by atoms with Crippen molar-refractivity contribution < 1.29 is 0 Å². The largest absolute Gasteiger partial charge is 0.139 e. The quantitative estimate of drug-likeness (QED) is 0.244. The molecule has 4 aromatic rings. The molecule has 166 valence electrons. The van der Waals surface area contributed by atoms with Crippen molar-refractivity contribution in [3.05, 3.63) is 45.1 Å². The van der Waals surface area contributed by atoms with Crippen LogP contribution in [0.15, 0.2) is 24.3 Å². The SMILES string of the molecule is CCC(C)(C)c1ccc(-c2sc3c(C)c(-c4ccc(C(C)(CC)CC)s4)sc3c2C)s1. The summed E-state index contributed by atoms with van der Waals surface area (Å²) in [4.78, 5) is 8.85. The number of thiophene rings is 4. The normalized spacial score (nSPS) is 12.9. The van der Waals surface area contributed by atoms with Gasteiger partial charge >= 0.3 is 0 Å². The van der Waals surface area contributed by atoms with Crippen LogP contribution in [0, 0.1) is 13.8 Å². The molecule has 0 saturated carbocycles. The number of aryl methyl sites for hydroxylation is 2. The molecule has 0 aliphatic heterocycles. The lowest BCUT2D eigenvalue weighted by Gasteiger charge is -2.25. The van der Waals surface area contributed by atoms with Crippen molar-refractivity contribution in [1.29, 1.82) is 0 Å². The maximum atomic E-state index is 2.41. The second-order valence-corrected chi connectivity index (χ2v) is 13.8. The van der Waals surface area contributed by atoms with Gasteiger partial charge in [-0.2, -0.15) is 0 Å². The van der Waals surface area contributed by atoms with E-state index in [0.717, 1.165) is 0 Å². The lowest BCUT2D eigenvalue weighted by atomic mass is 9.83. The third-order valence-electron chi connectivity index (χ3n) is 7.34. The Morgan fingerprint density at radius 1 is 0.613 bits per heavy atom. The fourth-order valence-electron chi connectivity index (χ4n) is 4.00. The second kappa shape index (κ2) is 8.44. The molecular weight excluding hydrogens is 453 g/mol. The first kappa shape index (κ1) is 23.2. The molecule has 0 bridgehead atoms. The Morgan fingerprint density at radius 3 is 1.52 bits per heavy atom. The van der Waals surface area contributed by atoms with Gasteiger partial charge in [-0.15, -0.1) is 45.3 Å². The van der Waals surface area contributed by atoms with Gasteiger partial charge in [-0.3, -0.25) is 0 Å². The molecule has 4 heteroatoms. The van der Waals surface area contributed by atoms with Crippen LogP contribution in [0.2, 0.25) is 0 Å². The summed E-state index contributed by atoms with van der Waals surface area (Å²) in [6.07, 6.45) is 3.57. The predicted molar refractivity (Wildman–Crippen MR) is 147 cm³/mol. The Labute approximate surface area is 204 Å². The van der Waals surface area contributed by atoms with E-state index in [9.17, 15) is 0 Å². The third kappa shape index (κ3) is 3.88. The molecule has 0 fully saturated rings. The van der Waals surface area contributed by atoms with Gasteiger partial charge in [0.15, 0.2) is 0 Å².